The standard InChI is InChI=1S/C14H11Cl2FO/c15-11-7-10(13(17)8-12(11)16)14(18)6-9-4-2-1-3-5-9/h1-5,7-8,14,18H,6H2. The highest BCUT2D eigenvalue weighted by Gasteiger charge is 2.15. The van der Waals surface area contributed by atoms with E-state index in [1.165, 1.54) is 6.07 Å². The molecule has 1 N–H and O–H groups in total. The van der Waals surface area contributed by atoms with Crippen LogP contribution in [0.3, 0.4) is 0 Å². The highest BCUT2D eigenvalue weighted by molar-refractivity contribution is 6.42. The topological polar surface area (TPSA) is 20.2 Å². The number of aliphatic hydroxyl groups is 1. The van der Waals surface area contributed by atoms with Crippen LogP contribution in [0.2, 0.25) is 10.0 Å². The molecule has 94 valence electrons. The van der Waals surface area contributed by atoms with Crippen molar-refractivity contribution in [2.75, 3.05) is 0 Å². The molecule has 0 spiro atoms. The van der Waals surface area contributed by atoms with Gasteiger partial charge in [-0.15, -0.1) is 0 Å². The summed E-state index contributed by atoms with van der Waals surface area (Å²) >= 11 is 11.5. The zero-order valence-corrected chi connectivity index (χ0v) is 10.9. The minimum absolute atomic E-state index is 0.143. The van der Waals surface area contributed by atoms with Gasteiger partial charge in [0.05, 0.1) is 16.1 Å². The van der Waals surface area contributed by atoms with E-state index in [0.29, 0.717) is 6.42 Å². The summed E-state index contributed by atoms with van der Waals surface area (Å²) in [6.07, 6.45) is -0.613. The fourth-order valence-electron chi connectivity index (χ4n) is 1.74. The first-order valence-electron chi connectivity index (χ1n) is 5.44. The number of halogens is 3. The summed E-state index contributed by atoms with van der Waals surface area (Å²) in [5, 5.41) is 10.4. The maximum absolute atomic E-state index is 13.7. The first kappa shape index (κ1) is 13.3. The van der Waals surface area contributed by atoms with Crippen molar-refractivity contribution < 1.29 is 9.50 Å². The van der Waals surface area contributed by atoms with Gasteiger partial charge in [-0.05, 0) is 17.7 Å². The van der Waals surface area contributed by atoms with E-state index in [9.17, 15) is 9.50 Å². The average Bonchev–Trinajstić information content (AvgIpc) is 2.35. The van der Waals surface area contributed by atoms with Crippen LogP contribution in [0.15, 0.2) is 42.5 Å². The molecule has 18 heavy (non-hydrogen) atoms. The molecule has 1 atom stereocenters. The molecule has 2 rings (SSSR count). The number of benzene rings is 2. The largest absolute Gasteiger partial charge is 0.388 e. The highest BCUT2D eigenvalue weighted by atomic mass is 35.5. The van der Waals surface area contributed by atoms with E-state index in [1.54, 1.807) is 0 Å². The molecule has 0 fully saturated rings. The van der Waals surface area contributed by atoms with Crippen LogP contribution in [0.4, 0.5) is 4.39 Å². The van der Waals surface area contributed by atoms with Gasteiger partial charge in [0.15, 0.2) is 0 Å². The van der Waals surface area contributed by atoms with E-state index in [4.69, 9.17) is 23.2 Å². The molecule has 0 saturated heterocycles. The minimum Gasteiger partial charge on any atom is -0.388 e. The second-order valence-electron chi connectivity index (χ2n) is 3.99. The summed E-state index contributed by atoms with van der Waals surface area (Å²) in [5.74, 6) is -0.548. The quantitative estimate of drug-likeness (QED) is 0.828. The lowest BCUT2D eigenvalue weighted by molar-refractivity contribution is 0.173. The molecule has 0 bridgehead atoms. The van der Waals surface area contributed by atoms with E-state index in [0.717, 1.165) is 11.6 Å². The first-order valence-corrected chi connectivity index (χ1v) is 6.20. The Kier molecular flexibility index (Phi) is 4.23. The molecule has 0 radical (unpaired) electrons. The van der Waals surface area contributed by atoms with E-state index < -0.39 is 11.9 Å². The van der Waals surface area contributed by atoms with Crippen molar-refractivity contribution in [2.24, 2.45) is 0 Å². The molecule has 0 aliphatic rings. The van der Waals surface area contributed by atoms with Crippen molar-refractivity contribution >= 4 is 23.2 Å². The van der Waals surface area contributed by atoms with Crippen molar-refractivity contribution in [3.8, 4) is 0 Å². The number of aliphatic hydroxyl groups excluding tert-OH is 1. The van der Waals surface area contributed by atoms with Crippen molar-refractivity contribution in [3.63, 3.8) is 0 Å². The second-order valence-corrected chi connectivity index (χ2v) is 4.81. The molecule has 1 unspecified atom stereocenters. The van der Waals surface area contributed by atoms with Crippen molar-refractivity contribution in [3.05, 3.63) is 69.5 Å². The Labute approximate surface area is 115 Å². The van der Waals surface area contributed by atoms with Crippen molar-refractivity contribution in [2.45, 2.75) is 12.5 Å². The summed E-state index contributed by atoms with van der Waals surface area (Å²) < 4.78 is 13.7. The van der Waals surface area contributed by atoms with E-state index >= 15 is 0 Å². The third-order valence-electron chi connectivity index (χ3n) is 2.67. The van der Waals surface area contributed by atoms with Crippen LogP contribution in [-0.2, 0) is 6.42 Å². The summed E-state index contributed by atoms with van der Waals surface area (Å²) in [4.78, 5) is 0. The van der Waals surface area contributed by atoms with Gasteiger partial charge in [-0.25, -0.2) is 4.39 Å². The molecule has 0 amide bonds. The van der Waals surface area contributed by atoms with Crippen LogP contribution in [0.5, 0.6) is 0 Å². The summed E-state index contributed by atoms with van der Waals surface area (Å²) in [6, 6.07) is 11.9. The van der Waals surface area contributed by atoms with Crippen LogP contribution < -0.4 is 0 Å². The van der Waals surface area contributed by atoms with Crippen molar-refractivity contribution in [1.82, 2.24) is 0 Å². The molecule has 0 aliphatic heterocycles. The third kappa shape index (κ3) is 3.02. The van der Waals surface area contributed by atoms with Gasteiger partial charge in [0.1, 0.15) is 5.82 Å². The lowest BCUT2D eigenvalue weighted by atomic mass is 10.0. The molecule has 2 aromatic carbocycles. The lowest BCUT2D eigenvalue weighted by Crippen LogP contribution is -2.04. The fourth-order valence-corrected chi connectivity index (χ4v) is 2.06. The third-order valence-corrected chi connectivity index (χ3v) is 3.39. The van der Waals surface area contributed by atoms with Gasteiger partial charge in [0, 0.05) is 12.0 Å². The number of hydrogen-bond acceptors (Lipinski definition) is 1. The zero-order chi connectivity index (χ0) is 13.1. The lowest BCUT2D eigenvalue weighted by Gasteiger charge is -2.13. The average molecular weight is 285 g/mol. The Morgan fingerprint density at radius 3 is 2.33 bits per heavy atom. The maximum Gasteiger partial charge on any atom is 0.130 e. The van der Waals surface area contributed by atoms with Gasteiger partial charge in [0.2, 0.25) is 0 Å². The van der Waals surface area contributed by atoms with Crippen LogP contribution in [0, 0.1) is 5.82 Å². The Morgan fingerprint density at radius 2 is 1.67 bits per heavy atom. The van der Waals surface area contributed by atoms with Crippen molar-refractivity contribution in [1.29, 1.82) is 0 Å². The molecular formula is C14H11Cl2FO. The fraction of sp³-hybridized carbons (Fsp3) is 0.143. The van der Waals surface area contributed by atoms with E-state index in [-0.39, 0.29) is 15.6 Å². The molecule has 0 saturated carbocycles. The van der Waals surface area contributed by atoms with Gasteiger partial charge in [-0.3, -0.25) is 0 Å². The smallest absolute Gasteiger partial charge is 0.130 e. The van der Waals surface area contributed by atoms with Gasteiger partial charge >= 0.3 is 0 Å². The van der Waals surface area contributed by atoms with Gasteiger partial charge in [-0.1, -0.05) is 53.5 Å². The molecule has 0 heterocycles. The van der Waals surface area contributed by atoms with Gasteiger partial charge in [-0.2, -0.15) is 0 Å². The molecule has 2 aromatic rings. The molecule has 0 aliphatic carbocycles. The van der Waals surface area contributed by atoms with Crippen LogP contribution in [0.25, 0.3) is 0 Å². The summed E-state index contributed by atoms with van der Waals surface area (Å²) in [6.45, 7) is 0. The Hall–Kier alpha value is -1.09. The minimum atomic E-state index is -0.942. The van der Waals surface area contributed by atoms with Crippen LogP contribution in [0.1, 0.15) is 17.2 Å². The number of rotatable bonds is 3. The van der Waals surface area contributed by atoms with Crippen LogP contribution >= 0.6 is 23.2 Å². The highest BCUT2D eigenvalue weighted by Crippen LogP contribution is 2.29. The summed E-state index contributed by atoms with van der Waals surface area (Å²) in [5.41, 5.74) is 1.09. The SMILES string of the molecule is OC(Cc1ccccc1)c1cc(Cl)c(Cl)cc1F. The molecule has 1 nitrogen and oxygen atoms in total. The van der Waals surface area contributed by atoms with Crippen LogP contribution in [-0.4, -0.2) is 5.11 Å². The predicted octanol–water partition coefficient (Wildman–Crippen LogP) is 4.41. The Bertz CT molecular complexity index is 543. The normalized spacial score (nSPS) is 12.4. The monoisotopic (exact) mass is 284 g/mol. The predicted molar refractivity (Wildman–Crippen MR) is 71.5 cm³/mol. The van der Waals surface area contributed by atoms with E-state index in [1.807, 2.05) is 30.3 Å². The molecular weight excluding hydrogens is 274 g/mol. The molecule has 4 heteroatoms. The second kappa shape index (κ2) is 5.70. The van der Waals surface area contributed by atoms with Gasteiger partial charge in [0.25, 0.3) is 0 Å². The zero-order valence-electron chi connectivity index (χ0n) is 9.41. The Balaban J connectivity index is 2.24. The van der Waals surface area contributed by atoms with Gasteiger partial charge < -0.3 is 5.11 Å². The molecule has 0 aromatic heterocycles. The summed E-state index contributed by atoms with van der Waals surface area (Å²) in [7, 11) is 0. The first-order chi connectivity index (χ1) is 8.58. The number of hydrogen-bond donors (Lipinski definition) is 1. The Morgan fingerprint density at radius 1 is 1.06 bits per heavy atom. The van der Waals surface area contributed by atoms with E-state index in [2.05, 4.69) is 0 Å². The maximum atomic E-state index is 13.7.